The molecule has 3 aromatic rings. The molecule has 0 aliphatic heterocycles. The average Bonchev–Trinajstić information content (AvgIpc) is 2.80. The molecule has 0 fully saturated rings. The number of benzene rings is 3. The molecule has 0 nitrogen and oxygen atoms in total. The van der Waals surface area contributed by atoms with E-state index < -0.39 is 7.26 Å². The Kier molecular flexibility index (Phi) is 11.7. The van der Waals surface area contributed by atoms with E-state index >= 15 is 0 Å². The van der Waals surface area contributed by atoms with Crippen LogP contribution in [-0.2, 0) is 0 Å². The van der Waals surface area contributed by atoms with Gasteiger partial charge in [-0.3, -0.25) is 0 Å². The molecule has 0 aliphatic carbocycles. The maximum absolute atomic E-state index is 2.48. The molecule has 3 rings (SSSR count). The molecule has 0 radical (unpaired) electrons. The fourth-order valence-electron chi connectivity index (χ4n) is 3.87. The zero-order valence-corrected chi connectivity index (χ0v) is 21.3. The lowest BCUT2D eigenvalue weighted by atomic mass is 10.1. The highest BCUT2D eigenvalue weighted by Crippen LogP contribution is 2.55. The van der Waals surface area contributed by atoms with Crippen LogP contribution in [0.25, 0.3) is 0 Å². The van der Waals surface area contributed by atoms with Crippen molar-refractivity contribution in [3.05, 3.63) is 103 Å². The molecule has 0 aliphatic rings. The molecule has 0 heterocycles. The summed E-state index contributed by atoms with van der Waals surface area (Å²) in [5.41, 5.74) is 0. The topological polar surface area (TPSA) is 0 Å². The van der Waals surface area contributed by atoms with Gasteiger partial charge in [0, 0.05) is 0 Å². The molecule has 0 saturated heterocycles. The minimum absolute atomic E-state index is 0. The van der Waals surface area contributed by atoms with Crippen LogP contribution >= 0.6 is 29.9 Å². The Balaban J connectivity index is 0.00000320. The Labute approximate surface area is 203 Å². The van der Waals surface area contributed by atoms with Crippen molar-refractivity contribution in [2.45, 2.75) is 32.1 Å². The van der Waals surface area contributed by atoms with Gasteiger partial charge in [0.05, 0.1) is 6.16 Å². The molecule has 3 heteroatoms. The van der Waals surface area contributed by atoms with E-state index in [0.29, 0.717) is 0 Å². The monoisotopic (exact) mass is 548 g/mol. The third-order valence-corrected chi connectivity index (χ3v) is 10.5. The van der Waals surface area contributed by atoms with Crippen LogP contribution in [-0.4, -0.2) is 10.6 Å². The van der Waals surface area contributed by atoms with Crippen LogP contribution in [0, 0.1) is 0 Å². The SMILES string of the molecule is ICCCCCCC=CC[P+](c1ccccc1)(c1ccccc1)c1ccccc1.[Cl-]. The van der Waals surface area contributed by atoms with Crippen molar-refractivity contribution in [2.75, 3.05) is 10.6 Å². The molecule has 158 valence electrons. The van der Waals surface area contributed by atoms with Gasteiger partial charge < -0.3 is 12.4 Å². The molecule has 0 saturated carbocycles. The highest BCUT2D eigenvalue weighted by Gasteiger charge is 2.43. The predicted octanol–water partition coefficient (Wildman–Crippen LogP) is 3.93. The predicted molar refractivity (Wildman–Crippen MR) is 141 cm³/mol. The second kappa shape index (κ2) is 14.0. The highest BCUT2D eigenvalue weighted by molar-refractivity contribution is 14.1. The maximum atomic E-state index is 2.48. The molecule has 0 atom stereocenters. The van der Waals surface area contributed by atoms with Gasteiger partial charge in [0.15, 0.2) is 0 Å². The van der Waals surface area contributed by atoms with E-state index in [1.54, 1.807) is 0 Å². The van der Waals surface area contributed by atoms with E-state index in [4.69, 9.17) is 0 Å². The van der Waals surface area contributed by atoms with E-state index in [1.165, 1.54) is 52.4 Å². The third kappa shape index (κ3) is 6.67. The van der Waals surface area contributed by atoms with Crippen LogP contribution in [0.1, 0.15) is 32.1 Å². The van der Waals surface area contributed by atoms with Gasteiger partial charge in [0.25, 0.3) is 0 Å². The molecule has 0 spiro atoms. The van der Waals surface area contributed by atoms with Gasteiger partial charge in [-0.05, 0) is 60.1 Å². The summed E-state index contributed by atoms with van der Waals surface area (Å²) >= 11 is 2.48. The van der Waals surface area contributed by atoms with E-state index in [0.717, 1.165) is 6.16 Å². The molecule has 0 amide bonds. The van der Waals surface area contributed by atoms with Crippen molar-refractivity contribution in [3.8, 4) is 0 Å². The van der Waals surface area contributed by atoms with Crippen LogP contribution in [0.5, 0.6) is 0 Å². The van der Waals surface area contributed by atoms with Gasteiger partial charge in [-0.15, -0.1) is 0 Å². The van der Waals surface area contributed by atoms with Gasteiger partial charge in [-0.1, -0.05) is 102 Å². The Morgan fingerprint density at radius 1 is 0.567 bits per heavy atom. The van der Waals surface area contributed by atoms with Crippen LogP contribution in [0.15, 0.2) is 103 Å². The fourth-order valence-corrected chi connectivity index (χ4v) is 8.45. The molecule has 0 N–H and O–H groups in total. The Morgan fingerprint density at radius 3 is 1.43 bits per heavy atom. The van der Waals surface area contributed by atoms with E-state index in [2.05, 4.69) is 126 Å². The summed E-state index contributed by atoms with van der Waals surface area (Å²) < 4.78 is 1.28. The number of hydrogen-bond donors (Lipinski definition) is 0. The molecular weight excluding hydrogens is 518 g/mol. The van der Waals surface area contributed by atoms with Gasteiger partial charge in [0.2, 0.25) is 0 Å². The number of halogens is 2. The van der Waals surface area contributed by atoms with Crippen molar-refractivity contribution in [2.24, 2.45) is 0 Å². The van der Waals surface area contributed by atoms with Gasteiger partial charge in [-0.2, -0.15) is 0 Å². The van der Waals surface area contributed by atoms with Crippen LogP contribution in [0.4, 0.5) is 0 Å². The molecular formula is C27H31ClIP. The molecule has 0 unspecified atom stereocenters. The molecule has 30 heavy (non-hydrogen) atoms. The van der Waals surface area contributed by atoms with Crippen molar-refractivity contribution in [1.29, 1.82) is 0 Å². The van der Waals surface area contributed by atoms with Crippen molar-refractivity contribution >= 4 is 45.8 Å². The first-order valence-corrected chi connectivity index (χ1v) is 14.1. The smallest absolute Gasteiger partial charge is 0.115 e. The van der Waals surface area contributed by atoms with Gasteiger partial charge >= 0.3 is 0 Å². The summed E-state index contributed by atoms with van der Waals surface area (Å²) in [5, 5.41) is 4.39. The number of hydrogen-bond acceptors (Lipinski definition) is 0. The number of alkyl halides is 1. The number of allylic oxidation sites excluding steroid dienone is 2. The third-order valence-electron chi connectivity index (χ3n) is 5.39. The Morgan fingerprint density at radius 2 is 1.00 bits per heavy atom. The lowest BCUT2D eigenvalue weighted by Gasteiger charge is -2.26. The second-order valence-electron chi connectivity index (χ2n) is 7.36. The first kappa shape index (κ1) is 25.1. The fraction of sp³-hybridized carbons (Fsp3) is 0.259. The molecule has 3 aromatic carbocycles. The van der Waals surface area contributed by atoms with Gasteiger partial charge in [-0.25, -0.2) is 0 Å². The lowest BCUT2D eigenvalue weighted by molar-refractivity contribution is -0.00000560. The van der Waals surface area contributed by atoms with Gasteiger partial charge in [0.1, 0.15) is 23.2 Å². The van der Waals surface area contributed by atoms with Crippen molar-refractivity contribution in [3.63, 3.8) is 0 Å². The van der Waals surface area contributed by atoms with Crippen LogP contribution in [0.2, 0.25) is 0 Å². The second-order valence-corrected chi connectivity index (χ2v) is 12.0. The highest BCUT2D eigenvalue weighted by atomic mass is 127. The number of unbranched alkanes of at least 4 members (excludes halogenated alkanes) is 4. The Hall–Kier alpha value is -1.15. The summed E-state index contributed by atoms with van der Waals surface area (Å²) in [6.07, 6.45) is 12.5. The summed E-state index contributed by atoms with van der Waals surface area (Å²) in [6, 6.07) is 33.4. The van der Waals surface area contributed by atoms with Crippen molar-refractivity contribution < 1.29 is 12.4 Å². The Bertz CT molecular complexity index is 753. The summed E-state index contributed by atoms with van der Waals surface area (Å²) in [6.45, 7) is 0. The zero-order chi connectivity index (χ0) is 20.2. The maximum Gasteiger partial charge on any atom is 0.115 e. The average molecular weight is 549 g/mol. The lowest BCUT2D eigenvalue weighted by Crippen LogP contribution is -3.00. The van der Waals surface area contributed by atoms with Crippen molar-refractivity contribution in [1.82, 2.24) is 0 Å². The standard InChI is InChI=1S/C27H31IP.ClH/c28-23-15-4-2-1-3-5-16-24-29(25-17-9-6-10-18-25,26-19-11-7-12-20-26)27-21-13-8-14-22-27;/h5-14,16-22H,1-4,15,23-24H2;1H/q+1;/p-1. The normalized spacial score (nSPS) is 11.4. The quantitative estimate of drug-likeness (QED) is 0.112. The van der Waals surface area contributed by atoms with E-state index in [9.17, 15) is 0 Å². The van der Waals surface area contributed by atoms with Crippen LogP contribution in [0.3, 0.4) is 0 Å². The molecule has 0 aromatic heterocycles. The minimum atomic E-state index is -1.71. The zero-order valence-electron chi connectivity index (χ0n) is 17.5. The summed E-state index contributed by atoms with van der Waals surface area (Å²) in [7, 11) is -1.71. The summed E-state index contributed by atoms with van der Waals surface area (Å²) in [5.74, 6) is 0. The largest absolute Gasteiger partial charge is 1.00 e. The molecule has 0 bridgehead atoms. The first-order valence-electron chi connectivity index (χ1n) is 10.6. The van der Waals surface area contributed by atoms with Crippen LogP contribution < -0.4 is 28.3 Å². The van der Waals surface area contributed by atoms with E-state index in [1.807, 2.05) is 0 Å². The minimum Gasteiger partial charge on any atom is -1.00 e. The summed E-state index contributed by atoms with van der Waals surface area (Å²) in [4.78, 5) is 0. The number of rotatable bonds is 11. The first-order chi connectivity index (χ1) is 14.4. The van der Waals surface area contributed by atoms with E-state index in [-0.39, 0.29) is 12.4 Å².